The Morgan fingerprint density at radius 2 is 1.95 bits per heavy atom. The number of carbonyl (C=O) groups is 1. The van der Waals surface area contributed by atoms with Crippen LogP contribution in [0.5, 0.6) is 0 Å². The fraction of sp³-hybridized carbons (Fsp3) is 0.769. The van der Waals surface area contributed by atoms with Crippen molar-refractivity contribution < 1.29 is 19.0 Å². The molecular weight excluding hydrogens is 294 g/mol. The van der Waals surface area contributed by atoms with Crippen LogP contribution in [0.25, 0.3) is 0 Å². The summed E-state index contributed by atoms with van der Waals surface area (Å²) in [5.74, 6) is 0.986. The molecule has 0 unspecified atom stereocenters. The summed E-state index contributed by atoms with van der Waals surface area (Å²) in [6.45, 7) is 8.34. The maximum atomic E-state index is 11.5. The van der Waals surface area contributed by atoms with Gasteiger partial charge in [-0.1, -0.05) is 25.6 Å². The van der Waals surface area contributed by atoms with E-state index in [0.29, 0.717) is 31.6 Å². The van der Waals surface area contributed by atoms with Crippen LogP contribution in [0.15, 0.2) is 5.16 Å². The maximum Gasteiger partial charge on any atom is 0.316 e. The van der Waals surface area contributed by atoms with Crippen molar-refractivity contribution in [1.29, 1.82) is 0 Å². The first-order chi connectivity index (χ1) is 10.1. The number of nitrogens with one attached hydrogen (secondary N) is 1. The molecule has 1 heterocycles. The number of nitrogens with zero attached hydrogens (tertiary/aromatic N) is 2. The van der Waals surface area contributed by atoms with Gasteiger partial charge in [-0.25, -0.2) is 4.98 Å². The fourth-order valence-corrected chi connectivity index (χ4v) is 1.93. The molecule has 0 saturated heterocycles. The molecule has 0 aliphatic heterocycles. The lowest BCUT2D eigenvalue weighted by molar-refractivity contribution is -0.142. The number of aromatic amines is 1. The summed E-state index contributed by atoms with van der Waals surface area (Å²) in [5.41, 5.74) is 0. The van der Waals surface area contributed by atoms with Crippen molar-refractivity contribution in [2.24, 2.45) is 0 Å². The van der Waals surface area contributed by atoms with Crippen molar-refractivity contribution >= 4 is 17.7 Å². The van der Waals surface area contributed by atoms with Gasteiger partial charge in [0.15, 0.2) is 0 Å². The van der Waals surface area contributed by atoms with E-state index in [-0.39, 0.29) is 24.2 Å². The van der Waals surface area contributed by atoms with Gasteiger partial charge in [0.1, 0.15) is 12.4 Å². The van der Waals surface area contributed by atoms with E-state index in [9.17, 15) is 4.79 Å². The molecule has 0 aromatic carbocycles. The Kier molecular flexibility index (Phi) is 9.04. The summed E-state index contributed by atoms with van der Waals surface area (Å²) in [4.78, 5) is 15.8. The minimum Gasteiger partial charge on any atom is -0.463 e. The predicted octanol–water partition coefficient (Wildman–Crippen LogP) is 1.62. The highest BCUT2D eigenvalue weighted by molar-refractivity contribution is 7.99. The molecule has 0 fully saturated rings. The van der Waals surface area contributed by atoms with Gasteiger partial charge in [-0.15, -0.1) is 5.10 Å². The van der Waals surface area contributed by atoms with E-state index in [2.05, 4.69) is 15.2 Å². The van der Waals surface area contributed by atoms with Crippen LogP contribution >= 0.6 is 11.8 Å². The number of H-pyrrole nitrogens is 1. The van der Waals surface area contributed by atoms with E-state index in [4.69, 9.17) is 14.2 Å². The molecule has 8 heteroatoms. The van der Waals surface area contributed by atoms with Gasteiger partial charge >= 0.3 is 5.97 Å². The highest BCUT2D eigenvalue weighted by atomic mass is 32.2. The first-order valence-corrected chi connectivity index (χ1v) is 7.98. The minimum atomic E-state index is -0.302. The van der Waals surface area contributed by atoms with Crippen molar-refractivity contribution in [2.75, 3.05) is 38.8 Å². The standard InChI is InChI=1S/C13H23N3O4S/c1-4-18-5-6-19-7-8-20-11(17)9-21-13-14-12(10(2)3)15-16-13/h10H,4-9H2,1-3H3,(H,14,15,16). The third kappa shape index (κ3) is 8.03. The van der Waals surface area contributed by atoms with Gasteiger partial charge in [-0.05, 0) is 6.92 Å². The van der Waals surface area contributed by atoms with Crippen LogP contribution in [-0.4, -0.2) is 59.9 Å². The monoisotopic (exact) mass is 317 g/mol. The zero-order chi connectivity index (χ0) is 15.5. The molecule has 0 aliphatic rings. The molecule has 1 N–H and O–H groups in total. The summed E-state index contributed by atoms with van der Waals surface area (Å²) in [7, 11) is 0. The van der Waals surface area contributed by atoms with Gasteiger partial charge in [0.05, 0.1) is 25.6 Å². The van der Waals surface area contributed by atoms with Crippen LogP contribution in [0.4, 0.5) is 0 Å². The second kappa shape index (κ2) is 10.6. The Bertz CT molecular complexity index is 412. The Balaban J connectivity index is 2.05. The van der Waals surface area contributed by atoms with E-state index in [1.807, 2.05) is 20.8 Å². The second-order valence-electron chi connectivity index (χ2n) is 4.48. The molecule has 0 aliphatic carbocycles. The Morgan fingerprint density at radius 3 is 2.62 bits per heavy atom. The zero-order valence-electron chi connectivity index (χ0n) is 12.8. The topological polar surface area (TPSA) is 86.3 Å². The molecule has 0 bridgehead atoms. The van der Waals surface area contributed by atoms with Gasteiger partial charge < -0.3 is 14.2 Å². The first-order valence-electron chi connectivity index (χ1n) is 6.99. The molecule has 0 atom stereocenters. The largest absolute Gasteiger partial charge is 0.463 e. The number of thioether (sulfide) groups is 1. The Morgan fingerprint density at radius 1 is 1.24 bits per heavy atom. The van der Waals surface area contributed by atoms with Gasteiger partial charge in [0.25, 0.3) is 0 Å². The molecule has 1 aromatic heterocycles. The second-order valence-corrected chi connectivity index (χ2v) is 5.42. The number of carbonyl (C=O) groups excluding carboxylic acids is 1. The van der Waals surface area contributed by atoms with Gasteiger partial charge in [-0.2, -0.15) is 0 Å². The Hall–Kier alpha value is -1.12. The molecule has 0 saturated carbocycles. The molecule has 21 heavy (non-hydrogen) atoms. The van der Waals surface area contributed by atoms with Crippen molar-refractivity contribution in [3.63, 3.8) is 0 Å². The third-order valence-corrected chi connectivity index (χ3v) is 3.24. The normalized spacial score (nSPS) is 11.0. The summed E-state index contributed by atoms with van der Waals surface area (Å²) < 4.78 is 15.4. The number of hydrogen-bond acceptors (Lipinski definition) is 7. The van der Waals surface area contributed by atoms with E-state index in [1.54, 1.807) is 0 Å². The number of aromatic nitrogens is 3. The smallest absolute Gasteiger partial charge is 0.316 e. The number of hydrogen-bond donors (Lipinski definition) is 1. The van der Waals surface area contributed by atoms with Crippen molar-refractivity contribution in [3.8, 4) is 0 Å². The van der Waals surface area contributed by atoms with Gasteiger partial charge in [-0.3, -0.25) is 9.89 Å². The fourth-order valence-electron chi connectivity index (χ4n) is 1.32. The number of ether oxygens (including phenoxy) is 3. The van der Waals surface area contributed by atoms with Crippen LogP contribution in [0.3, 0.4) is 0 Å². The molecule has 1 rings (SSSR count). The third-order valence-electron chi connectivity index (χ3n) is 2.42. The average Bonchev–Trinajstić information content (AvgIpc) is 2.93. The summed E-state index contributed by atoms with van der Waals surface area (Å²) in [6.07, 6.45) is 0. The van der Waals surface area contributed by atoms with Crippen LogP contribution in [0, 0.1) is 0 Å². The summed E-state index contributed by atoms with van der Waals surface area (Å²) >= 11 is 1.25. The molecule has 0 amide bonds. The van der Waals surface area contributed by atoms with Crippen LogP contribution < -0.4 is 0 Å². The van der Waals surface area contributed by atoms with E-state index < -0.39 is 0 Å². The molecular formula is C13H23N3O4S. The maximum absolute atomic E-state index is 11.5. The lowest BCUT2D eigenvalue weighted by atomic mass is 10.2. The van der Waals surface area contributed by atoms with Crippen LogP contribution in [0.2, 0.25) is 0 Å². The van der Waals surface area contributed by atoms with Gasteiger partial charge in [0.2, 0.25) is 5.16 Å². The number of esters is 1. The zero-order valence-corrected chi connectivity index (χ0v) is 13.6. The minimum absolute atomic E-state index is 0.189. The van der Waals surface area contributed by atoms with Crippen molar-refractivity contribution in [3.05, 3.63) is 5.82 Å². The predicted molar refractivity (Wildman–Crippen MR) is 79.5 cm³/mol. The SMILES string of the molecule is CCOCCOCCOC(=O)CSc1n[nH]c(C(C)C)n1. The molecule has 1 aromatic rings. The first kappa shape index (κ1) is 17.9. The summed E-state index contributed by atoms with van der Waals surface area (Å²) in [5, 5.41) is 7.43. The quantitative estimate of drug-likeness (QED) is 0.377. The molecule has 7 nitrogen and oxygen atoms in total. The molecule has 120 valence electrons. The van der Waals surface area contributed by atoms with E-state index in [0.717, 1.165) is 5.82 Å². The van der Waals surface area contributed by atoms with Crippen molar-refractivity contribution in [2.45, 2.75) is 31.8 Å². The van der Waals surface area contributed by atoms with E-state index in [1.165, 1.54) is 11.8 Å². The van der Waals surface area contributed by atoms with E-state index >= 15 is 0 Å². The number of rotatable bonds is 11. The Labute approximate surface area is 129 Å². The lowest BCUT2D eigenvalue weighted by Crippen LogP contribution is -2.14. The highest BCUT2D eigenvalue weighted by Gasteiger charge is 2.10. The van der Waals surface area contributed by atoms with Crippen molar-refractivity contribution in [1.82, 2.24) is 15.2 Å². The highest BCUT2D eigenvalue weighted by Crippen LogP contribution is 2.15. The lowest BCUT2D eigenvalue weighted by Gasteiger charge is -2.05. The van der Waals surface area contributed by atoms with Gasteiger partial charge in [0, 0.05) is 12.5 Å². The molecule has 0 radical (unpaired) electrons. The summed E-state index contributed by atoms with van der Waals surface area (Å²) in [6, 6.07) is 0. The average molecular weight is 317 g/mol. The van der Waals surface area contributed by atoms with Crippen LogP contribution in [-0.2, 0) is 19.0 Å². The molecule has 0 spiro atoms. The van der Waals surface area contributed by atoms with Crippen LogP contribution in [0.1, 0.15) is 32.5 Å².